The van der Waals surface area contributed by atoms with Gasteiger partial charge in [-0.25, -0.2) is 0 Å². The molecule has 0 saturated heterocycles. The summed E-state index contributed by atoms with van der Waals surface area (Å²) < 4.78 is 0. The van der Waals surface area contributed by atoms with Crippen molar-refractivity contribution in [3.05, 3.63) is 69.9 Å². The Balaban J connectivity index is 1.92. The summed E-state index contributed by atoms with van der Waals surface area (Å²) >= 11 is 6.51. The summed E-state index contributed by atoms with van der Waals surface area (Å²) in [6.07, 6.45) is 1.38. The van der Waals surface area contributed by atoms with E-state index >= 15 is 0 Å². The van der Waals surface area contributed by atoms with E-state index in [0.717, 1.165) is 34.6 Å². The Morgan fingerprint density at radius 2 is 1.85 bits per heavy atom. The van der Waals surface area contributed by atoms with E-state index in [4.69, 9.17) is 11.6 Å². The second kappa shape index (κ2) is 6.17. The van der Waals surface area contributed by atoms with Crippen LogP contribution in [0, 0.1) is 12.3 Å². The van der Waals surface area contributed by atoms with Crippen LogP contribution in [0.1, 0.15) is 43.9 Å². The number of rotatable bonds is 1. The van der Waals surface area contributed by atoms with Crippen LogP contribution < -0.4 is 10.6 Å². The van der Waals surface area contributed by atoms with Crippen LogP contribution in [-0.2, 0) is 4.79 Å². The average Bonchev–Trinajstić information content (AvgIpc) is 2.70. The molecule has 0 spiro atoms. The maximum Gasteiger partial charge on any atom is 0.163 e. The van der Waals surface area contributed by atoms with E-state index in [1.54, 1.807) is 0 Å². The topological polar surface area (TPSA) is 41.1 Å². The lowest BCUT2D eigenvalue weighted by atomic mass is 9.73. The van der Waals surface area contributed by atoms with E-state index in [9.17, 15) is 4.79 Å². The largest absolute Gasteiger partial charge is 0.372 e. The minimum absolute atomic E-state index is 0.0524. The second-order valence-electron chi connectivity index (χ2n) is 8.11. The maximum atomic E-state index is 13.1. The molecule has 0 saturated carbocycles. The molecule has 26 heavy (non-hydrogen) atoms. The summed E-state index contributed by atoms with van der Waals surface area (Å²) in [4.78, 5) is 13.1. The van der Waals surface area contributed by atoms with Crippen molar-refractivity contribution in [2.45, 2.75) is 39.7 Å². The fourth-order valence-corrected chi connectivity index (χ4v) is 4.25. The minimum atomic E-state index is -0.252. The molecule has 0 bridgehead atoms. The van der Waals surface area contributed by atoms with Gasteiger partial charge in [-0.1, -0.05) is 49.7 Å². The summed E-state index contributed by atoms with van der Waals surface area (Å²) in [6, 6.07) is 13.8. The van der Waals surface area contributed by atoms with Gasteiger partial charge in [-0.3, -0.25) is 4.79 Å². The SMILES string of the molecule is Cc1ccc2c(c1)N[C@@H](c1ccccc1Cl)C1=C(CC(C)(C)CC1=O)N2. The number of hydrogen-bond donors (Lipinski definition) is 2. The molecule has 0 amide bonds. The molecule has 4 heteroatoms. The Labute approximate surface area is 159 Å². The molecule has 0 radical (unpaired) electrons. The molecule has 2 N–H and O–H groups in total. The lowest BCUT2D eigenvalue weighted by molar-refractivity contribution is -0.118. The molecular weight excluding hydrogens is 344 g/mol. The predicted molar refractivity (Wildman–Crippen MR) is 108 cm³/mol. The fourth-order valence-electron chi connectivity index (χ4n) is 4.00. The number of anilines is 2. The third kappa shape index (κ3) is 3.01. The van der Waals surface area contributed by atoms with E-state index < -0.39 is 0 Å². The summed E-state index contributed by atoms with van der Waals surface area (Å²) in [5.41, 5.74) is 5.87. The first-order valence-corrected chi connectivity index (χ1v) is 9.37. The predicted octanol–water partition coefficient (Wildman–Crippen LogP) is 5.87. The number of fused-ring (bicyclic) bond motifs is 1. The standard InChI is InChI=1S/C22H23ClN2O/c1-13-8-9-16-17(10-13)25-21(14-6-4-5-7-15(14)23)20-18(24-16)11-22(2,3)12-19(20)26/h4-10,21,24-25H,11-12H2,1-3H3/t21-/m0/s1. The van der Waals surface area contributed by atoms with Gasteiger partial charge in [0.05, 0.1) is 17.4 Å². The molecule has 0 fully saturated rings. The molecule has 1 atom stereocenters. The lowest BCUT2D eigenvalue weighted by Gasteiger charge is -2.34. The van der Waals surface area contributed by atoms with Crippen molar-refractivity contribution in [1.29, 1.82) is 0 Å². The number of aryl methyl sites for hydroxylation is 1. The molecule has 2 aromatic rings. The first-order chi connectivity index (χ1) is 12.3. The first kappa shape index (κ1) is 17.2. The van der Waals surface area contributed by atoms with Crippen LogP contribution in [0.3, 0.4) is 0 Å². The number of nitrogens with one attached hydrogen (secondary N) is 2. The number of benzene rings is 2. The Morgan fingerprint density at radius 3 is 2.62 bits per heavy atom. The van der Waals surface area contributed by atoms with Crippen molar-refractivity contribution >= 4 is 28.8 Å². The van der Waals surface area contributed by atoms with Gasteiger partial charge in [0.2, 0.25) is 0 Å². The number of Topliss-reactive ketones (excluding diaryl/α,β-unsaturated/α-hetero) is 1. The van der Waals surface area contributed by atoms with Crippen LogP contribution in [0.15, 0.2) is 53.7 Å². The van der Waals surface area contributed by atoms with Crippen molar-refractivity contribution in [3.8, 4) is 0 Å². The maximum absolute atomic E-state index is 13.1. The number of carbonyl (C=O) groups is 1. The summed E-state index contributed by atoms with van der Waals surface area (Å²) in [7, 11) is 0. The van der Waals surface area contributed by atoms with Gasteiger partial charge in [0.1, 0.15) is 0 Å². The third-order valence-corrected chi connectivity index (χ3v) is 5.53. The van der Waals surface area contributed by atoms with Gasteiger partial charge in [0, 0.05) is 22.7 Å². The van der Waals surface area contributed by atoms with E-state index in [2.05, 4.69) is 49.6 Å². The highest BCUT2D eigenvalue weighted by Crippen LogP contribution is 2.46. The number of halogens is 1. The number of hydrogen-bond acceptors (Lipinski definition) is 3. The van der Waals surface area contributed by atoms with Gasteiger partial charge < -0.3 is 10.6 Å². The molecule has 2 aromatic carbocycles. The molecule has 3 nitrogen and oxygen atoms in total. The van der Waals surface area contributed by atoms with Crippen molar-refractivity contribution in [2.24, 2.45) is 5.41 Å². The zero-order chi connectivity index (χ0) is 18.5. The van der Waals surface area contributed by atoms with Crippen molar-refractivity contribution in [2.75, 3.05) is 10.6 Å². The van der Waals surface area contributed by atoms with Crippen LogP contribution in [0.4, 0.5) is 11.4 Å². The van der Waals surface area contributed by atoms with Crippen LogP contribution >= 0.6 is 11.6 Å². The summed E-state index contributed by atoms with van der Waals surface area (Å²) in [5, 5.41) is 7.81. The first-order valence-electron chi connectivity index (χ1n) is 8.99. The Morgan fingerprint density at radius 1 is 1.08 bits per heavy atom. The molecule has 134 valence electrons. The highest BCUT2D eigenvalue weighted by atomic mass is 35.5. The molecule has 4 rings (SSSR count). The molecular formula is C22H23ClN2O. The lowest BCUT2D eigenvalue weighted by Crippen LogP contribution is -2.31. The van der Waals surface area contributed by atoms with Crippen LogP contribution in [0.2, 0.25) is 5.02 Å². The van der Waals surface area contributed by atoms with Gasteiger partial charge in [-0.15, -0.1) is 0 Å². The zero-order valence-corrected chi connectivity index (χ0v) is 16.1. The van der Waals surface area contributed by atoms with Crippen LogP contribution in [0.5, 0.6) is 0 Å². The fraction of sp³-hybridized carbons (Fsp3) is 0.318. The average molecular weight is 367 g/mol. The highest BCUT2D eigenvalue weighted by Gasteiger charge is 2.39. The number of allylic oxidation sites excluding steroid dienone is 1. The zero-order valence-electron chi connectivity index (χ0n) is 15.3. The number of carbonyl (C=O) groups excluding carboxylic acids is 1. The molecule has 1 aliphatic heterocycles. The third-order valence-electron chi connectivity index (χ3n) is 5.19. The highest BCUT2D eigenvalue weighted by molar-refractivity contribution is 6.31. The molecule has 2 aliphatic rings. The van der Waals surface area contributed by atoms with Crippen LogP contribution in [0.25, 0.3) is 0 Å². The normalized spacial score (nSPS) is 21.2. The van der Waals surface area contributed by atoms with Crippen molar-refractivity contribution in [3.63, 3.8) is 0 Å². The molecule has 1 heterocycles. The van der Waals surface area contributed by atoms with Crippen molar-refractivity contribution in [1.82, 2.24) is 0 Å². The Bertz CT molecular complexity index is 929. The van der Waals surface area contributed by atoms with Crippen LogP contribution in [-0.4, -0.2) is 5.78 Å². The van der Waals surface area contributed by atoms with Gasteiger partial charge in [-0.05, 0) is 48.1 Å². The van der Waals surface area contributed by atoms with Gasteiger partial charge in [0.15, 0.2) is 5.78 Å². The Hall–Kier alpha value is -2.26. The molecule has 1 aliphatic carbocycles. The van der Waals surface area contributed by atoms with Crippen molar-refractivity contribution < 1.29 is 4.79 Å². The van der Waals surface area contributed by atoms with Gasteiger partial charge in [0.25, 0.3) is 0 Å². The Kier molecular flexibility index (Phi) is 4.07. The van der Waals surface area contributed by atoms with E-state index in [0.29, 0.717) is 11.4 Å². The van der Waals surface area contributed by atoms with E-state index in [1.807, 2.05) is 24.3 Å². The summed E-state index contributed by atoms with van der Waals surface area (Å²) in [6.45, 7) is 6.36. The quantitative estimate of drug-likeness (QED) is 0.663. The van der Waals surface area contributed by atoms with E-state index in [1.165, 1.54) is 5.56 Å². The second-order valence-corrected chi connectivity index (χ2v) is 8.51. The molecule has 0 aromatic heterocycles. The monoisotopic (exact) mass is 366 g/mol. The smallest absolute Gasteiger partial charge is 0.163 e. The summed E-state index contributed by atoms with van der Waals surface area (Å²) in [5.74, 6) is 0.186. The van der Waals surface area contributed by atoms with E-state index in [-0.39, 0.29) is 17.2 Å². The van der Waals surface area contributed by atoms with Gasteiger partial charge >= 0.3 is 0 Å². The number of ketones is 1. The van der Waals surface area contributed by atoms with Gasteiger partial charge in [-0.2, -0.15) is 0 Å². The molecule has 0 unspecified atom stereocenters. The minimum Gasteiger partial charge on any atom is -0.372 e.